The average molecular weight is 585 g/mol. The topological polar surface area (TPSA) is 43.4 Å². The van der Waals surface area contributed by atoms with Crippen LogP contribution < -0.4 is 18.9 Å². The van der Waals surface area contributed by atoms with Crippen LogP contribution in [-0.2, 0) is 12.8 Å². The second-order valence-corrected chi connectivity index (χ2v) is 11.6. The van der Waals surface area contributed by atoms with Gasteiger partial charge in [-0.2, -0.15) is 0 Å². The van der Waals surface area contributed by atoms with E-state index < -0.39 is 0 Å². The summed E-state index contributed by atoms with van der Waals surface area (Å²) in [4.78, 5) is 0. The first kappa shape index (κ1) is 28.4. The van der Waals surface area contributed by atoms with Crippen molar-refractivity contribution in [3.8, 4) is 45.3 Å². The predicted molar refractivity (Wildman–Crippen MR) is 168 cm³/mol. The highest BCUT2D eigenvalue weighted by molar-refractivity contribution is 6.33. The molecule has 0 bridgehead atoms. The van der Waals surface area contributed by atoms with Crippen LogP contribution in [0.1, 0.15) is 16.7 Å². The van der Waals surface area contributed by atoms with Crippen molar-refractivity contribution in [1.29, 1.82) is 0 Å². The Balaban J connectivity index is 1.14. The van der Waals surface area contributed by atoms with E-state index in [1.807, 2.05) is 30.3 Å². The molecule has 6 rings (SSSR count). The van der Waals surface area contributed by atoms with Crippen LogP contribution in [0.5, 0.6) is 23.0 Å². The molecule has 42 heavy (non-hydrogen) atoms. The molecule has 0 radical (unpaired) electrons. The lowest BCUT2D eigenvalue weighted by atomic mass is 9.96. The number of rotatable bonds is 9. The van der Waals surface area contributed by atoms with E-state index >= 15 is 0 Å². The van der Waals surface area contributed by atoms with Crippen molar-refractivity contribution < 1.29 is 18.9 Å². The molecule has 0 saturated heterocycles. The second kappa shape index (κ2) is 11.9. The molecule has 2 atom stereocenters. The summed E-state index contributed by atoms with van der Waals surface area (Å²) in [7, 11) is 7.62. The summed E-state index contributed by atoms with van der Waals surface area (Å²) >= 11 is 6.57. The third kappa shape index (κ3) is 5.54. The number of benzene rings is 4. The molecule has 0 N–H and O–H groups in total. The summed E-state index contributed by atoms with van der Waals surface area (Å²) in [5, 5.41) is 5.14. The van der Waals surface area contributed by atoms with E-state index in [1.54, 1.807) is 14.2 Å². The van der Waals surface area contributed by atoms with Crippen molar-refractivity contribution in [2.45, 2.75) is 32.0 Å². The normalized spacial score (nSPS) is 17.1. The number of aryl methyl sites for hydroxylation is 1. The fourth-order valence-corrected chi connectivity index (χ4v) is 6.31. The predicted octanol–water partition coefficient (Wildman–Crippen LogP) is 7.09. The summed E-state index contributed by atoms with van der Waals surface area (Å²) in [6.45, 7) is 3.61. The van der Waals surface area contributed by atoms with Gasteiger partial charge in [0.15, 0.2) is 0 Å². The molecule has 4 aromatic carbocycles. The third-order valence-corrected chi connectivity index (χ3v) is 8.66. The van der Waals surface area contributed by atoms with Crippen LogP contribution in [0.15, 0.2) is 72.8 Å². The lowest BCUT2D eigenvalue weighted by molar-refractivity contribution is -0.0221. The number of likely N-dealkylation sites (N-methyl/N-ethyl adjacent to an activating group) is 2. The van der Waals surface area contributed by atoms with Crippen LogP contribution in [0.3, 0.4) is 0 Å². The lowest BCUT2D eigenvalue weighted by Gasteiger charge is -2.31. The Hall–Kier alpha value is -3.71. The van der Waals surface area contributed by atoms with Gasteiger partial charge in [-0.1, -0.05) is 54.1 Å². The molecule has 2 aliphatic heterocycles. The van der Waals surface area contributed by atoms with Crippen LogP contribution >= 0.6 is 11.6 Å². The number of halogens is 1. The summed E-state index contributed by atoms with van der Waals surface area (Å²) in [6.07, 6.45) is 1.66. The molecule has 0 aliphatic carbocycles. The first-order valence-electron chi connectivity index (χ1n) is 14.3. The molecule has 0 aromatic heterocycles. The minimum Gasteiger partial charge on any atom is -0.497 e. The minimum absolute atomic E-state index is 0.000549. The van der Waals surface area contributed by atoms with E-state index in [-0.39, 0.29) is 12.2 Å². The largest absolute Gasteiger partial charge is 0.497 e. The first-order chi connectivity index (χ1) is 20.3. The van der Waals surface area contributed by atoms with Crippen molar-refractivity contribution >= 4 is 11.6 Å². The van der Waals surface area contributed by atoms with E-state index in [0.29, 0.717) is 5.02 Å². The van der Waals surface area contributed by atoms with Crippen LogP contribution in [0.4, 0.5) is 0 Å². The third-order valence-electron chi connectivity index (χ3n) is 8.33. The van der Waals surface area contributed by atoms with Crippen molar-refractivity contribution in [3.05, 3.63) is 94.5 Å². The van der Waals surface area contributed by atoms with E-state index in [0.717, 1.165) is 71.2 Å². The van der Waals surface area contributed by atoms with E-state index in [1.165, 1.54) is 16.7 Å². The minimum atomic E-state index is -0.000549. The Morgan fingerprint density at radius 3 is 1.67 bits per heavy atom. The molecule has 0 spiro atoms. The zero-order chi connectivity index (χ0) is 29.4. The van der Waals surface area contributed by atoms with Gasteiger partial charge in [0.05, 0.1) is 27.3 Å². The van der Waals surface area contributed by atoms with Gasteiger partial charge in [0.2, 0.25) is 0 Å². The second-order valence-electron chi connectivity index (χ2n) is 11.2. The molecule has 0 saturated carbocycles. The monoisotopic (exact) mass is 584 g/mol. The van der Waals surface area contributed by atoms with Gasteiger partial charge in [-0.05, 0) is 48.4 Å². The van der Waals surface area contributed by atoms with Gasteiger partial charge < -0.3 is 18.9 Å². The quantitative estimate of drug-likeness (QED) is 0.196. The zero-order valence-corrected chi connectivity index (χ0v) is 25.6. The van der Waals surface area contributed by atoms with E-state index in [4.69, 9.17) is 30.5 Å². The molecular weight excluding hydrogens is 548 g/mol. The van der Waals surface area contributed by atoms with Gasteiger partial charge in [-0.15, -0.1) is 0 Å². The van der Waals surface area contributed by atoms with Crippen molar-refractivity contribution in [1.82, 2.24) is 10.0 Å². The standard InChI is InChI=1S/C35H37ClN2O4/c1-22-10-6-7-11-29(22)31-18-25(39-4)14-23-16-27(41-34(23)31)20-37(2)38(3)21-28-17-24-15-26(40-5)19-32(35(24)42-28)30-12-8-9-13-33(30)36/h6-15,18-19,27-28H,16-17,20-21H2,1-5H3. The average Bonchev–Trinajstić information content (AvgIpc) is 3.59. The summed E-state index contributed by atoms with van der Waals surface area (Å²) in [5.41, 5.74) is 7.70. The maximum atomic E-state index is 6.61. The molecule has 4 aromatic rings. The number of nitrogens with zero attached hydrogens (tertiary/aromatic N) is 2. The molecule has 2 heterocycles. The lowest BCUT2D eigenvalue weighted by Crippen LogP contribution is -2.46. The van der Waals surface area contributed by atoms with Gasteiger partial charge in [-0.3, -0.25) is 0 Å². The van der Waals surface area contributed by atoms with Gasteiger partial charge >= 0.3 is 0 Å². The maximum absolute atomic E-state index is 6.61. The highest BCUT2D eigenvalue weighted by Crippen LogP contribution is 2.45. The smallest absolute Gasteiger partial charge is 0.131 e. The van der Waals surface area contributed by atoms with Gasteiger partial charge in [0.25, 0.3) is 0 Å². The molecule has 0 fully saturated rings. The van der Waals surface area contributed by atoms with Crippen LogP contribution in [0.2, 0.25) is 5.02 Å². The van der Waals surface area contributed by atoms with Crippen LogP contribution in [0, 0.1) is 6.92 Å². The van der Waals surface area contributed by atoms with Gasteiger partial charge in [0, 0.05) is 59.8 Å². The number of hydrogen-bond acceptors (Lipinski definition) is 6. The number of hydrazine groups is 1. The Morgan fingerprint density at radius 1 is 0.690 bits per heavy atom. The summed E-state index contributed by atoms with van der Waals surface area (Å²) in [6, 6.07) is 24.5. The first-order valence-corrected chi connectivity index (χ1v) is 14.7. The Morgan fingerprint density at radius 2 is 1.17 bits per heavy atom. The molecule has 0 amide bonds. The van der Waals surface area contributed by atoms with Gasteiger partial charge in [-0.25, -0.2) is 10.0 Å². The number of ether oxygens (including phenoxy) is 4. The molecule has 218 valence electrons. The maximum Gasteiger partial charge on any atom is 0.131 e. The molecule has 6 nitrogen and oxygen atoms in total. The van der Waals surface area contributed by atoms with Crippen LogP contribution in [-0.4, -0.2) is 63.6 Å². The molecule has 2 unspecified atom stereocenters. The SMILES string of the molecule is COc1cc2c(c(-c3ccccc3C)c1)OC(CN(C)N(C)CC1Cc3cc(OC)cc(-c4ccccc4Cl)c3O1)C2. The Bertz CT molecular complexity index is 1490. The molecule has 2 aliphatic rings. The summed E-state index contributed by atoms with van der Waals surface area (Å²) < 4.78 is 24.4. The number of hydrogen-bond donors (Lipinski definition) is 0. The highest BCUT2D eigenvalue weighted by Gasteiger charge is 2.32. The van der Waals surface area contributed by atoms with Crippen molar-refractivity contribution in [3.63, 3.8) is 0 Å². The number of fused-ring (bicyclic) bond motifs is 2. The zero-order valence-electron chi connectivity index (χ0n) is 24.8. The van der Waals surface area contributed by atoms with Crippen molar-refractivity contribution in [2.24, 2.45) is 0 Å². The van der Waals surface area contributed by atoms with E-state index in [9.17, 15) is 0 Å². The molecular formula is C35H37ClN2O4. The van der Waals surface area contributed by atoms with Crippen LogP contribution in [0.25, 0.3) is 22.3 Å². The Kier molecular flexibility index (Phi) is 8.04. The van der Waals surface area contributed by atoms with Gasteiger partial charge in [0.1, 0.15) is 35.2 Å². The fourth-order valence-electron chi connectivity index (χ4n) is 6.07. The highest BCUT2D eigenvalue weighted by atomic mass is 35.5. The van der Waals surface area contributed by atoms with E-state index in [2.05, 4.69) is 73.5 Å². The fraction of sp³-hybridized carbons (Fsp3) is 0.314. The van der Waals surface area contributed by atoms with Crippen molar-refractivity contribution in [2.75, 3.05) is 41.4 Å². The molecule has 7 heteroatoms. The number of methoxy groups -OCH3 is 2. The summed E-state index contributed by atoms with van der Waals surface area (Å²) in [5.74, 6) is 3.50. The Labute approximate surface area is 253 Å².